The minimum Gasteiger partial charge on any atom is -0.466 e. The van der Waals surface area contributed by atoms with Gasteiger partial charge in [0.25, 0.3) is 5.91 Å². The number of amides is 2. The second kappa shape index (κ2) is 10.3. The average Bonchev–Trinajstić information content (AvgIpc) is 3.18. The van der Waals surface area contributed by atoms with Crippen LogP contribution in [0.4, 0.5) is 0 Å². The van der Waals surface area contributed by atoms with Crippen molar-refractivity contribution in [2.45, 2.75) is 58.4 Å². The first-order valence-electron chi connectivity index (χ1n) is 9.80. The summed E-state index contributed by atoms with van der Waals surface area (Å²) in [5, 5.41) is 2.67. The van der Waals surface area contributed by atoms with Gasteiger partial charge >= 0.3 is 11.9 Å². The Balaban J connectivity index is 1.79. The van der Waals surface area contributed by atoms with Crippen molar-refractivity contribution in [1.82, 2.24) is 10.2 Å². The molecule has 0 spiro atoms. The van der Waals surface area contributed by atoms with Crippen molar-refractivity contribution >= 4 is 23.8 Å². The average molecular weight is 382 g/mol. The van der Waals surface area contributed by atoms with Gasteiger partial charge in [0.05, 0.1) is 12.5 Å². The van der Waals surface area contributed by atoms with E-state index in [1.54, 1.807) is 11.8 Å². The fourth-order valence-corrected chi connectivity index (χ4v) is 3.82. The molecule has 8 nitrogen and oxygen atoms in total. The summed E-state index contributed by atoms with van der Waals surface area (Å²) in [6.07, 6.45) is 4.90. The highest BCUT2D eigenvalue weighted by molar-refractivity contribution is 5.86. The molecule has 1 aliphatic heterocycles. The van der Waals surface area contributed by atoms with Crippen LogP contribution >= 0.6 is 0 Å². The van der Waals surface area contributed by atoms with Gasteiger partial charge in [-0.2, -0.15) is 0 Å². The zero-order valence-electron chi connectivity index (χ0n) is 16.2. The van der Waals surface area contributed by atoms with Crippen LogP contribution < -0.4 is 5.32 Å². The Bertz CT molecular complexity index is 550. The molecule has 1 unspecified atom stereocenters. The number of ether oxygens (including phenoxy) is 2. The predicted octanol–water partition coefficient (Wildman–Crippen LogP) is 1.03. The van der Waals surface area contributed by atoms with Gasteiger partial charge in [-0.3, -0.25) is 14.4 Å². The van der Waals surface area contributed by atoms with Gasteiger partial charge in [-0.05, 0) is 38.5 Å². The number of rotatable bonds is 7. The van der Waals surface area contributed by atoms with Crippen molar-refractivity contribution in [2.75, 3.05) is 26.3 Å². The molecule has 1 atom stereocenters. The molecule has 2 aliphatic rings. The highest BCUT2D eigenvalue weighted by Gasteiger charge is 2.34. The lowest BCUT2D eigenvalue weighted by Gasteiger charge is -2.31. The van der Waals surface area contributed by atoms with Gasteiger partial charge < -0.3 is 19.7 Å². The van der Waals surface area contributed by atoms with Crippen LogP contribution in [0.1, 0.15) is 52.4 Å². The second-order valence-corrected chi connectivity index (χ2v) is 7.24. The zero-order chi connectivity index (χ0) is 19.8. The SMILES string of the molecule is CCOC(=O)C1CCN(C(=O)COC(=O)C(NC(C)=O)C2CCCC2)CC1. The summed E-state index contributed by atoms with van der Waals surface area (Å²) in [4.78, 5) is 49.5. The van der Waals surface area contributed by atoms with Crippen molar-refractivity contribution in [1.29, 1.82) is 0 Å². The molecule has 27 heavy (non-hydrogen) atoms. The van der Waals surface area contributed by atoms with Gasteiger partial charge in [0.1, 0.15) is 6.04 Å². The highest BCUT2D eigenvalue weighted by atomic mass is 16.5. The number of nitrogens with zero attached hydrogens (tertiary/aromatic N) is 1. The van der Waals surface area contributed by atoms with Crippen LogP contribution in [0.25, 0.3) is 0 Å². The molecule has 0 aromatic heterocycles. The molecule has 1 saturated heterocycles. The summed E-state index contributed by atoms with van der Waals surface area (Å²) in [7, 11) is 0. The van der Waals surface area contributed by atoms with Crippen molar-refractivity contribution in [2.24, 2.45) is 11.8 Å². The lowest BCUT2D eigenvalue weighted by molar-refractivity contribution is -0.157. The van der Waals surface area contributed by atoms with E-state index in [0.717, 1.165) is 25.7 Å². The van der Waals surface area contributed by atoms with E-state index in [1.165, 1.54) is 6.92 Å². The molecular formula is C19H30N2O6. The number of carbonyl (C=O) groups is 4. The van der Waals surface area contributed by atoms with E-state index in [2.05, 4.69) is 5.32 Å². The Morgan fingerprint density at radius 1 is 1.04 bits per heavy atom. The quantitative estimate of drug-likeness (QED) is 0.660. The Hall–Kier alpha value is -2.12. The smallest absolute Gasteiger partial charge is 0.329 e. The second-order valence-electron chi connectivity index (χ2n) is 7.24. The van der Waals surface area contributed by atoms with E-state index in [4.69, 9.17) is 9.47 Å². The van der Waals surface area contributed by atoms with Crippen LogP contribution in [0.2, 0.25) is 0 Å². The van der Waals surface area contributed by atoms with E-state index in [9.17, 15) is 19.2 Å². The molecule has 8 heteroatoms. The van der Waals surface area contributed by atoms with E-state index in [-0.39, 0.29) is 36.2 Å². The zero-order valence-corrected chi connectivity index (χ0v) is 16.2. The molecule has 2 rings (SSSR count). The molecule has 1 heterocycles. The van der Waals surface area contributed by atoms with E-state index >= 15 is 0 Å². The Morgan fingerprint density at radius 2 is 1.67 bits per heavy atom. The van der Waals surface area contributed by atoms with Gasteiger partial charge in [-0.1, -0.05) is 12.8 Å². The normalized spacial score (nSPS) is 19.4. The molecule has 2 amide bonds. The number of piperidine rings is 1. The third-order valence-electron chi connectivity index (χ3n) is 5.29. The fraction of sp³-hybridized carbons (Fsp3) is 0.789. The van der Waals surface area contributed by atoms with Gasteiger partial charge in [0, 0.05) is 20.0 Å². The first-order valence-corrected chi connectivity index (χ1v) is 9.80. The Morgan fingerprint density at radius 3 is 2.22 bits per heavy atom. The van der Waals surface area contributed by atoms with Crippen LogP contribution in [0, 0.1) is 11.8 Å². The van der Waals surface area contributed by atoms with E-state index in [1.807, 2.05) is 0 Å². The summed E-state index contributed by atoms with van der Waals surface area (Å²) < 4.78 is 10.2. The van der Waals surface area contributed by atoms with E-state index in [0.29, 0.717) is 32.5 Å². The molecule has 0 aromatic carbocycles. The van der Waals surface area contributed by atoms with Crippen molar-refractivity contribution in [3.8, 4) is 0 Å². The fourth-order valence-electron chi connectivity index (χ4n) is 3.82. The summed E-state index contributed by atoms with van der Waals surface area (Å²) in [5.41, 5.74) is 0. The van der Waals surface area contributed by atoms with Crippen LogP contribution in [-0.4, -0.2) is 61.0 Å². The van der Waals surface area contributed by atoms with Gasteiger partial charge in [-0.25, -0.2) is 4.79 Å². The lowest BCUT2D eigenvalue weighted by atomic mass is 9.97. The molecule has 0 bridgehead atoms. The molecule has 1 N–H and O–H groups in total. The van der Waals surface area contributed by atoms with Crippen LogP contribution in [-0.2, 0) is 28.7 Å². The maximum Gasteiger partial charge on any atom is 0.329 e. The van der Waals surface area contributed by atoms with Crippen LogP contribution in [0.15, 0.2) is 0 Å². The van der Waals surface area contributed by atoms with Crippen molar-refractivity contribution in [3.05, 3.63) is 0 Å². The highest BCUT2D eigenvalue weighted by Crippen LogP contribution is 2.28. The molecule has 2 fully saturated rings. The topological polar surface area (TPSA) is 102 Å². The number of esters is 2. The predicted molar refractivity (Wildman–Crippen MR) is 96.5 cm³/mol. The molecule has 1 aliphatic carbocycles. The summed E-state index contributed by atoms with van der Waals surface area (Å²) in [5.74, 6) is -1.44. The molecular weight excluding hydrogens is 352 g/mol. The van der Waals surface area contributed by atoms with E-state index < -0.39 is 12.0 Å². The summed E-state index contributed by atoms with van der Waals surface area (Å²) in [6, 6.07) is -0.688. The van der Waals surface area contributed by atoms with Gasteiger partial charge in [0.15, 0.2) is 6.61 Å². The van der Waals surface area contributed by atoms with Crippen LogP contribution in [0.3, 0.4) is 0 Å². The third kappa shape index (κ3) is 6.22. The summed E-state index contributed by atoms with van der Waals surface area (Å²) >= 11 is 0. The number of nitrogens with one attached hydrogen (secondary N) is 1. The minimum atomic E-state index is -0.688. The van der Waals surface area contributed by atoms with Crippen molar-refractivity contribution in [3.63, 3.8) is 0 Å². The first-order chi connectivity index (χ1) is 12.9. The first kappa shape index (κ1) is 21.2. The maximum atomic E-state index is 12.4. The molecule has 0 radical (unpaired) electrons. The largest absolute Gasteiger partial charge is 0.466 e. The standard InChI is InChI=1S/C19H30N2O6/c1-3-26-18(24)15-8-10-21(11-9-15)16(23)12-27-19(25)17(20-13(2)22)14-6-4-5-7-14/h14-15,17H,3-12H2,1-2H3,(H,20,22). The maximum absolute atomic E-state index is 12.4. The monoisotopic (exact) mass is 382 g/mol. The Kier molecular flexibility index (Phi) is 8.06. The number of likely N-dealkylation sites (tertiary alicyclic amines) is 1. The molecule has 1 saturated carbocycles. The lowest BCUT2D eigenvalue weighted by Crippen LogP contribution is -2.47. The third-order valence-corrected chi connectivity index (χ3v) is 5.29. The molecule has 152 valence electrons. The number of hydrogen-bond donors (Lipinski definition) is 1. The summed E-state index contributed by atoms with van der Waals surface area (Å²) in [6.45, 7) is 4.03. The molecule has 0 aromatic rings. The van der Waals surface area contributed by atoms with Gasteiger partial charge in [0.2, 0.25) is 5.91 Å². The Labute approximate surface area is 159 Å². The number of hydrogen-bond acceptors (Lipinski definition) is 6. The van der Waals surface area contributed by atoms with Crippen LogP contribution in [0.5, 0.6) is 0 Å². The van der Waals surface area contributed by atoms with Crippen molar-refractivity contribution < 1.29 is 28.7 Å². The number of carbonyl (C=O) groups excluding carboxylic acids is 4. The van der Waals surface area contributed by atoms with Gasteiger partial charge in [-0.15, -0.1) is 0 Å². The minimum absolute atomic E-state index is 0.0665.